The molecule has 0 N–H and O–H groups in total. The maximum Gasteiger partial charge on any atom is 0.258 e. The van der Waals surface area contributed by atoms with Gasteiger partial charge in [0, 0.05) is 35.0 Å². The van der Waals surface area contributed by atoms with Crippen molar-refractivity contribution in [3.05, 3.63) is 120 Å². The number of hydrogen-bond donors (Lipinski definition) is 0. The van der Waals surface area contributed by atoms with Gasteiger partial charge in [-0.15, -0.1) is 0 Å². The Kier molecular flexibility index (Phi) is 7.72. The molecule has 0 aromatic heterocycles. The summed E-state index contributed by atoms with van der Waals surface area (Å²) >= 11 is 0. The van der Waals surface area contributed by atoms with Gasteiger partial charge >= 0.3 is 0 Å². The summed E-state index contributed by atoms with van der Waals surface area (Å²) in [6, 6.07) is 34.2. The monoisotopic (exact) mass is 484 g/mol. The van der Waals surface area contributed by atoms with E-state index >= 15 is 0 Å². The molecule has 0 bridgehead atoms. The van der Waals surface area contributed by atoms with Gasteiger partial charge in [0.25, 0.3) is 11.8 Å². The van der Waals surface area contributed by atoms with E-state index in [-0.39, 0.29) is 11.8 Å². The maximum atomic E-state index is 13.0. The second-order valence-electron chi connectivity index (χ2n) is 7.56. The van der Waals surface area contributed by atoms with Crippen molar-refractivity contribution in [1.29, 1.82) is 0 Å². The highest BCUT2D eigenvalue weighted by molar-refractivity contribution is 8.76. The molecule has 0 heterocycles. The Hall–Kier alpha value is -3.48. The van der Waals surface area contributed by atoms with Gasteiger partial charge in [-0.1, -0.05) is 82.3 Å². The Labute approximate surface area is 208 Å². The molecule has 4 nitrogen and oxygen atoms in total. The number of hydrogen-bond acceptors (Lipinski definition) is 4. The predicted molar refractivity (Wildman–Crippen MR) is 143 cm³/mol. The van der Waals surface area contributed by atoms with Crippen molar-refractivity contribution in [1.82, 2.24) is 0 Å². The van der Waals surface area contributed by atoms with Crippen LogP contribution >= 0.6 is 21.6 Å². The molecule has 4 aromatic carbocycles. The van der Waals surface area contributed by atoms with E-state index in [1.54, 1.807) is 45.5 Å². The van der Waals surface area contributed by atoms with E-state index in [0.29, 0.717) is 11.1 Å². The van der Waals surface area contributed by atoms with Crippen LogP contribution in [0.2, 0.25) is 0 Å². The summed E-state index contributed by atoms with van der Waals surface area (Å²) in [6.07, 6.45) is 0. The van der Waals surface area contributed by atoms with Crippen molar-refractivity contribution in [3.63, 3.8) is 0 Å². The van der Waals surface area contributed by atoms with Crippen molar-refractivity contribution < 1.29 is 9.59 Å². The summed E-state index contributed by atoms with van der Waals surface area (Å²) < 4.78 is 0. The quantitative estimate of drug-likeness (QED) is 0.264. The molecular weight excluding hydrogens is 460 g/mol. The number of carbonyl (C=O) groups excluding carboxylic acids is 2. The molecule has 0 saturated carbocycles. The summed E-state index contributed by atoms with van der Waals surface area (Å²) in [5.74, 6) is -0.125. The SMILES string of the molecule is CN(C(=O)c1ccccc1)c1ccccc1SSc1ccccc1N(C)C(=O)c1ccccc1. The van der Waals surface area contributed by atoms with E-state index in [4.69, 9.17) is 0 Å². The van der Waals surface area contributed by atoms with Crippen LogP contribution in [0.5, 0.6) is 0 Å². The van der Waals surface area contributed by atoms with Gasteiger partial charge in [-0.25, -0.2) is 0 Å². The lowest BCUT2D eigenvalue weighted by Gasteiger charge is -2.22. The highest BCUT2D eigenvalue weighted by Crippen LogP contribution is 2.45. The maximum absolute atomic E-state index is 13.0. The molecule has 34 heavy (non-hydrogen) atoms. The number of para-hydroxylation sites is 2. The van der Waals surface area contributed by atoms with Crippen LogP contribution < -0.4 is 9.80 Å². The molecule has 0 aliphatic carbocycles. The van der Waals surface area contributed by atoms with Crippen LogP contribution in [0.3, 0.4) is 0 Å². The van der Waals surface area contributed by atoms with Gasteiger partial charge in [-0.3, -0.25) is 9.59 Å². The van der Waals surface area contributed by atoms with Gasteiger partial charge < -0.3 is 9.80 Å². The highest BCUT2D eigenvalue weighted by atomic mass is 33.1. The average molecular weight is 485 g/mol. The van der Waals surface area contributed by atoms with Crippen LogP contribution in [0.4, 0.5) is 11.4 Å². The van der Waals surface area contributed by atoms with Gasteiger partial charge in [-0.05, 0) is 48.5 Å². The molecule has 0 aliphatic rings. The molecule has 6 heteroatoms. The topological polar surface area (TPSA) is 40.6 Å². The fourth-order valence-electron chi connectivity index (χ4n) is 3.47. The van der Waals surface area contributed by atoms with Crippen LogP contribution in [0.15, 0.2) is 119 Å². The second-order valence-corrected chi connectivity index (χ2v) is 9.78. The Balaban J connectivity index is 1.54. The predicted octanol–water partition coefficient (Wildman–Crippen LogP) is 7.04. The number of nitrogens with zero attached hydrogens (tertiary/aromatic N) is 2. The minimum absolute atomic E-state index is 0.0627. The number of anilines is 2. The number of amides is 2. The summed E-state index contributed by atoms with van der Waals surface area (Å²) in [5, 5.41) is 0. The molecule has 0 fully saturated rings. The minimum atomic E-state index is -0.0627. The van der Waals surface area contributed by atoms with Gasteiger partial charge in [0.2, 0.25) is 0 Å². The Morgan fingerprint density at radius 1 is 0.500 bits per heavy atom. The Morgan fingerprint density at radius 2 is 0.824 bits per heavy atom. The number of rotatable bonds is 7. The zero-order valence-corrected chi connectivity index (χ0v) is 20.6. The molecule has 0 aliphatic heterocycles. The molecule has 170 valence electrons. The van der Waals surface area contributed by atoms with E-state index in [1.165, 1.54) is 0 Å². The molecule has 4 aromatic rings. The van der Waals surface area contributed by atoms with Crippen LogP contribution in [0, 0.1) is 0 Å². The minimum Gasteiger partial charge on any atom is -0.310 e. The van der Waals surface area contributed by atoms with Gasteiger partial charge in [0.05, 0.1) is 11.4 Å². The first-order valence-corrected chi connectivity index (χ1v) is 12.9. The van der Waals surface area contributed by atoms with Crippen LogP contribution in [-0.4, -0.2) is 25.9 Å². The fourth-order valence-corrected chi connectivity index (χ4v) is 5.88. The number of benzene rings is 4. The fraction of sp³-hybridized carbons (Fsp3) is 0.0714. The molecular formula is C28H24N2O2S2. The first-order chi connectivity index (χ1) is 16.6. The molecule has 0 spiro atoms. The lowest BCUT2D eigenvalue weighted by Crippen LogP contribution is -2.26. The van der Waals surface area contributed by atoms with Crippen molar-refractivity contribution in [2.75, 3.05) is 23.9 Å². The van der Waals surface area contributed by atoms with Gasteiger partial charge in [-0.2, -0.15) is 0 Å². The third-order valence-corrected chi connectivity index (χ3v) is 7.79. The molecule has 2 amide bonds. The van der Waals surface area contributed by atoms with E-state index in [1.807, 2.05) is 109 Å². The van der Waals surface area contributed by atoms with Gasteiger partial charge in [0.15, 0.2) is 0 Å². The van der Waals surface area contributed by atoms with Crippen molar-refractivity contribution in [2.45, 2.75) is 9.79 Å². The summed E-state index contributed by atoms with van der Waals surface area (Å²) in [6.45, 7) is 0. The Bertz CT molecular complexity index is 1180. The average Bonchev–Trinajstić information content (AvgIpc) is 2.91. The largest absolute Gasteiger partial charge is 0.310 e. The highest BCUT2D eigenvalue weighted by Gasteiger charge is 2.19. The smallest absolute Gasteiger partial charge is 0.258 e. The van der Waals surface area contributed by atoms with Crippen LogP contribution in [0.1, 0.15) is 20.7 Å². The third-order valence-electron chi connectivity index (χ3n) is 5.33. The molecule has 0 radical (unpaired) electrons. The van der Waals surface area contributed by atoms with Crippen LogP contribution in [0.25, 0.3) is 0 Å². The summed E-state index contributed by atoms with van der Waals surface area (Å²) in [5.41, 5.74) is 2.95. The molecule has 0 saturated heterocycles. The van der Waals surface area contributed by atoms with E-state index in [0.717, 1.165) is 21.2 Å². The summed E-state index contributed by atoms with van der Waals surface area (Å²) in [7, 11) is 6.71. The van der Waals surface area contributed by atoms with Crippen LogP contribution in [-0.2, 0) is 0 Å². The lowest BCUT2D eigenvalue weighted by molar-refractivity contribution is 0.0985. The molecule has 0 atom stereocenters. The van der Waals surface area contributed by atoms with E-state index < -0.39 is 0 Å². The third kappa shape index (κ3) is 5.35. The normalized spacial score (nSPS) is 10.5. The van der Waals surface area contributed by atoms with E-state index in [9.17, 15) is 9.59 Å². The van der Waals surface area contributed by atoms with Gasteiger partial charge in [0.1, 0.15) is 0 Å². The molecule has 0 unspecified atom stereocenters. The van der Waals surface area contributed by atoms with Crippen molar-refractivity contribution in [3.8, 4) is 0 Å². The number of carbonyl (C=O) groups is 2. The first-order valence-electron chi connectivity index (χ1n) is 10.7. The van der Waals surface area contributed by atoms with Crippen molar-refractivity contribution >= 4 is 44.8 Å². The lowest BCUT2D eigenvalue weighted by atomic mass is 10.2. The standard InChI is InChI=1S/C28H24N2O2S2/c1-29(27(31)21-13-5-3-6-14-21)23-17-9-11-19-25(23)33-34-26-20-12-10-18-24(26)30(2)28(32)22-15-7-4-8-16-22/h3-20H,1-2H3. The second kappa shape index (κ2) is 11.1. The van der Waals surface area contributed by atoms with Crippen molar-refractivity contribution in [2.24, 2.45) is 0 Å². The first kappa shape index (κ1) is 23.7. The zero-order valence-electron chi connectivity index (χ0n) is 18.9. The summed E-state index contributed by atoms with van der Waals surface area (Å²) in [4.78, 5) is 31.3. The van der Waals surface area contributed by atoms with E-state index in [2.05, 4.69) is 0 Å². The Morgan fingerprint density at radius 3 is 1.21 bits per heavy atom. The zero-order chi connectivity index (χ0) is 23.9. The molecule has 4 rings (SSSR count).